The van der Waals surface area contributed by atoms with Crippen molar-refractivity contribution in [3.05, 3.63) is 47.1 Å². The van der Waals surface area contributed by atoms with Crippen LogP contribution in [0.4, 0.5) is 4.39 Å². The van der Waals surface area contributed by atoms with Crippen molar-refractivity contribution >= 4 is 5.91 Å². The lowest BCUT2D eigenvalue weighted by atomic mass is 10.0. The van der Waals surface area contributed by atoms with Crippen molar-refractivity contribution in [2.24, 2.45) is 0 Å². The van der Waals surface area contributed by atoms with E-state index in [1.807, 2.05) is 13.8 Å². The van der Waals surface area contributed by atoms with Crippen molar-refractivity contribution in [2.75, 3.05) is 13.2 Å². The molecule has 0 unspecified atom stereocenters. The molecule has 1 aromatic carbocycles. The number of carbonyl (C=O) groups is 1. The minimum atomic E-state index is -0.297. The van der Waals surface area contributed by atoms with Crippen LogP contribution in [0.2, 0.25) is 0 Å². The van der Waals surface area contributed by atoms with Gasteiger partial charge in [0.2, 0.25) is 0 Å². The van der Waals surface area contributed by atoms with Gasteiger partial charge in [-0.2, -0.15) is 0 Å². The van der Waals surface area contributed by atoms with Gasteiger partial charge < -0.3 is 14.6 Å². The van der Waals surface area contributed by atoms with Crippen molar-refractivity contribution in [1.82, 2.24) is 10.5 Å². The van der Waals surface area contributed by atoms with Crippen molar-refractivity contribution in [3.8, 4) is 5.75 Å². The van der Waals surface area contributed by atoms with E-state index in [1.165, 1.54) is 12.1 Å². The molecule has 0 saturated carbocycles. The Kier molecular flexibility index (Phi) is 5.73. The summed E-state index contributed by atoms with van der Waals surface area (Å²) in [5, 5.41) is 6.70. The van der Waals surface area contributed by atoms with Crippen LogP contribution in [0.1, 0.15) is 48.0 Å². The van der Waals surface area contributed by atoms with Gasteiger partial charge in [0.05, 0.1) is 12.3 Å². The number of hydrogen-bond donors (Lipinski definition) is 1. The molecule has 6 heteroatoms. The number of benzene rings is 1. The van der Waals surface area contributed by atoms with Crippen molar-refractivity contribution in [2.45, 2.75) is 33.1 Å². The number of nitrogens with one attached hydrogen (secondary N) is 1. The average molecular weight is 320 g/mol. The Balaban J connectivity index is 1.77. The Morgan fingerprint density at radius 1 is 1.35 bits per heavy atom. The van der Waals surface area contributed by atoms with Gasteiger partial charge in [-0.25, -0.2) is 4.39 Å². The molecule has 0 saturated heterocycles. The van der Waals surface area contributed by atoms with E-state index in [2.05, 4.69) is 10.5 Å². The molecule has 0 aliphatic heterocycles. The van der Waals surface area contributed by atoms with Crippen LogP contribution in [0.15, 0.2) is 28.8 Å². The summed E-state index contributed by atoms with van der Waals surface area (Å²) in [5.74, 6) is 0.819. The fourth-order valence-corrected chi connectivity index (χ4v) is 2.14. The van der Waals surface area contributed by atoms with E-state index in [0.717, 1.165) is 0 Å². The molecule has 1 amide bonds. The van der Waals surface area contributed by atoms with Crippen molar-refractivity contribution in [3.63, 3.8) is 0 Å². The van der Waals surface area contributed by atoms with E-state index in [9.17, 15) is 9.18 Å². The molecule has 0 aliphatic carbocycles. The van der Waals surface area contributed by atoms with E-state index in [-0.39, 0.29) is 17.6 Å². The summed E-state index contributed by atoms with van der Waals surface area (Å²) in [6, 6.07) is 5.84. The van der Waals surface area contributed by atoms with Crippen LogP contribution >= 0.6 is 0 Å². The molecule has 0 aliphatic rings. The molecular formula is C17H21FN2O3. The SMILES string of the molecule is Cc1noc(C(C)C)c1C(=O)NCCCOc1ccc(F)cc1. The van der Waals surface area contributed by atoms with E-state index >= 15 is 0 Å². The third-order valence-corrected chi connectivity index (χ3v) is 3.33. The van der Waals surface area contributed by atoms with Gasteiger partial charge in [0.1, 0.15) is 17.1 Å². The first kappa shape index (κ1) is 17.0. The lowest BCUT2D eigenvalue weighted by molar-refractivity contribution is 0.0948. The summed E-state index contributed by atoms with van der Waals surface area (Å²) in [4.78, 5) is 12.2. The monoisotopic (exact) mass is 320 g/mol. The zero-order valence-corrected chi connectivity index (χ0v) is 13.6. The van der Waals surface area contributed by atoms with Gasteiger partial charge in [-0.05, 0) is 37.6 Å². The normalized spacial score (nSPS) is 10.8. The number of hydrogen-bond acceptors (Lipinski definition) is 4. The van der Waals surface area contributed by atoms with E-state index in [1.54, 1.807) is 19.1 Å². The summed E-state index contributed by atoms with van der Waals surface area (Å²) >= 11 is 0. The first-order valence-corrected chi connectivity index (χ1v) is 7.61. The molecule has 23 heavy (non-hydrogen) atoms. The fourth-order valence-electron chi connectivity index (χ4n) is 2.14. The third kappa shape index (κ3) is 4.55. The molecule has 2 rings (SSSR count). The minimum absolute atomic E-state index is 0.0961. The lowest BCUT2D eigenvalue weighted by Crippen LogP contribution is -2.26. The van der Waals surface area contributed by atoms with Crippen LogP contribution in [0.3, 0.4) is 0 Å². The predicted octanol–water partition coefficient (Wildman–Crippen LogP) is 3.44. The van der Waals surface area contributed by atoms with E-state index < -0.39 is 0 Å². The Labute approximate surface area is 134 Å². The molecule has 0 radical (unpaired) electrons. The Hall–Kier alpha value is -2.37. The fraction of sp³-hybridized carbons (Fsp3) is 0.412. The molecule has 1 aromatic heterocycles. The molecule has 2 aromatic rings. The Morgan fingerprint density at radius 2 is 2.04 bits per heavy atom. The minimum Gasteiger partial charge on any atom is -0.494 e. The van der Waals surface area contributed by atoms with Gasteiger partial charge in [-0.15, -0.1) is 0 Å². The molecule has 1 N–H and O–H groups in total. The highest BCUT2D eigenvalue weighted by atomic mass is 19.1. The van der Waals surface area contributed by atoms with Crippen molar-refractivity contribution in [1.29, 1.82) is 0 Å². The van der Waals surface area contributed by atoms with E-state index in [4.69, 9.17) is 9.26 Å². The van der Waals surface area contributed by atoms with Crippen LogP contribution in [-0.2, 0) is 0 Å². The topological polar surface area (TPSA) is 64.4 Å². The summed E-state index contributed by atoms with van der Waals surface area (Å²) < 4.78 is 23.4. The molecule has 1 heterocycles. The number of ether oxygens (including phenoxy) is 1. The van der Waals surface area contributed by atoms with Crippen LogP contribution in [0.5, 0.6) is 5.75 Å². The van der Waals surface area contributed by atoms with Crippen LogP contribution in [0.25, 0.3) is 0 Å². The van der Waals surface area contributed by atoms with Crippen LogP contribution in [-0.4, -0.2) is 24.2 Å². The highest BCUT2D eigenvalue weighted by Gasteiger charge is 2.21. The molecule has 0 spiro atoms. The van der Waals surface area contributed by atoms with E-state index in [0.29, 0.717) is 42.3 Å². The predicted molar refractivity (Wildman–Crippen MR) is 84.2 cm³/mol. The van der Waals surface area contributed by atoms with Crippen LogP contribution in [0, 0.1) is 12.7 Å². The summed E-state index contributed by atoms with van der Waals surface area (Å²) in [6.45, 7) is 6.57. The molecular weight excluding hydrogens is 299 g/mol. The molecule has 0 atom stereocenters. The lowest BCUT2D eigenvalue weighted by Gasteiger charge is -2.08. The highest BCUT2D eigenvalue weighted by molar-refractivity contribution is 5.96. The summed E-state index contributed by atoms with van der Waals surface area (Å²) in [6.07, 6.45) is 0.643. The van der Waals surface area contributed by atoms with Gasteiger partial charge >= 0.3 is 0 Å². The second-order valence-corrected chi connectivity index (χ2v) is 5.57. The number of amides is 1. The molecule has 5 nitrogen and oxygen atoms in total. The number of carbonyl (C=O) groups excluding carboxylic acids is 1. The first-order chi connectivity index (χ1) is 11.0. The number of aryl methyl sites for hydroxylation is 1. The van der Waals surface area contributed by atoms with Gasteiger partial charge in [0, 0.05) is 12.5 Å². The zero-order valence-electron chi connectivity index (χ0n) is 13.6. The van der Waals surface area contributed by atoms with Crippen LogP contribution < -0.4 is 10.1 Å². The quantitative estimate of drug-likeness (QED) is 0.794. The molecule has 124 valence electrons. The maximum atomic E-state index is 12.8. The summed E-state index contributed by atoms with van der Waals surface area (Å²) in [7, 11) is 0. The second-order valence-electron chi connectivity index (χ2n) is 5.57. The number of nitrogens with zero attached hydrogens (tertiary/aromatic N) is 1. The van der Waals surface area contributed by atoms with Gasteiger partial charge in [-0.1, -0.05) is 19.0 Å². The highest BCUT2D eigenvalue weighted by Crippen LogP contribution is 2.21. The standard InChI is InChI=1S/C17H21FN2O3/c1-11(2)16-15(12(3)20-23-16)17(21)19-9-4-10-22-14-7-5-13(18)6-8-14/h5-8,11H,4,9-10H2,1-3H3,(H,19,21). The first-order valence-electron chi connectivity index (χ1n) is 7.61. The maximum Gasteiger partial charge on any atom is 0.256 e. The number of halogens is 1. The third-order valence-electron chi connectivity index (χ3n) is 3.33. The second kappa shape index (κ2) is 7.76. The number of aromatic nitrogens is 1. The average Bonchev–Trinajstić information content (AvgIpc) is 2.90. The van der Waals surface area contributed by atoms with Gasteiger partial charge in [0.15, 0.2) is 5.76 Å². The molecule has 0 bridgehead atoms. The zero-order chi connectivity index (χ0) is 16.8. The van der Waals surface area contributed by atoms with Crippen molar-refractivity contribution < 1.29 is 18.4 Å². The summed E-state index contributed by atoms with van der Waals surface area (Å²) in [5.41, 5.74) is 1.10. The Morgan fingerprint density at radius 3 is 2.70 bits per heavy atom. The molecule has 0 fully saturated rings. The maximum absolute atomic E-state index is 12.8. The van der Waals surface area contributed by atoms with Gasteiger partial charge in [-0.3, -0.25) is 4.79 Å². The smallest absolute Gasteiger partial charge is 0.256 e. The Bertz CT molecular complexity index is 650. The largest absolute Gasteiger partial charge is 0.494 e. The number of rotatable bonds is 7. The van der Waals surface area contributed by atoms with Gasteiger partial charge in [0.25, 0.3) is 5.91 Å².